The number of nitrogens with one attached hydrogen (secondary N) is 2. The Labute approximate surface area is 149 Å². The minimum Gasteiger partial charge on any atom is -0.346 e. The third kappa shape index (κ3) is 4.67. The first-order chi connectivity index (χ1) is 11.7. The SMILES string of the molecule is CCNS(=O)(=O)c1ccc(C)c(C(=O)NC(C)c2ccc(C)cc2)c1. The molecule has 1 amide bonds. The van der Waals surface area contributed by atoms with Crippen molar-refractivity contribution in [2.75, 3.05) is 6.54 Å². The third-order valence-electron chi connectivity index (χ3n) is 4.02. The maximum Gasteiger partial charge on any atom is 0.252 e. The second kappa shape index (κ2) is 7.80. The van der Waals surface area contributed by atoms with E-state index in [1.807, 2.05) is 38.1 Å². The lowest BCUT2D eigenvalue weighted by Crippen LogP contribution is -2.28. The maximum absolute atomic E-state index is 12.6. The standard InChI is InChI=1S/C19H24N2O3S/c1-5-20-25(23,24)17-11-8-14(3)18(12-17)19(22)21-15(4)16-9-6-13(2)7-10-16/h6-12,15,20H,5H2,1-4H3,(H,21,22). The summed E-state index contributed by atoms with van der Waals surface area (Å²) in [6.45, 7) is 7.70. The van der Waals surface area contributed by atoms with Crippen LogP contribution >= 0.6 is 0 Å². The molecule has 0 aliphatic carbocycles. The lowest BCUT2D eigenvalue weighted by atomic mass is 10.0. The van der Waals surface area contributed by atoms with Crippen molar-refractivity contribution in [1.29, 1.82) is 0 Å². The predicted octanol–water partition coefficient (Wildman–Crippen LogP) is 3.09. The molecule has 2 aromatic carbocycles. The largest absolute Gasteiger partial charge is 0.346 e. The number of amides is 1. The first-order valence-corrected chi connectivity index (χ1v) is 9.70. The summed E-state index contributed by atoms with van der Waals surface area (Å²) in [6.07, 6.45) is 0. The lowest BCUT2D eigenvalue weighted by Gasteiger charge is -2.16. The highest BCUT2D eigenvalue weighted by Gasteiger charge is 2.18. The molecular formula is C19H24N2O3S. The number of carbonyl (C=O) groups excluding carboxylic acids is 1. The Bertz CT molecular complexity index is 859. The summed E-state index contributed by atoms with van der Waals surface area (Å²) in [4.78, 5) is 12.7. The van der Waals surface area contributed by atoms with Crippen LogP contribution in [0, 0.1) is 13.8 Å². The zero-order valence-electron chi connectivity index (χ0n) is 15.0. The highest BCUT2D eigenvalue weighted by atomic mass is 32.2. The van der Waals surface area contributed by atoms with Crippen molar-refractivity contribution in [3.8, 4) is 0 Å². The molecule has 6 heteroatoms. The van der Waals surface area contributed by atoms with Gasteiger partial charge in [0.15, 0.2) is 0 Å². The molecular weight excluding hydrogens is 336 g/mol. The molecule has 0 heterocycles. The molecule has 0 bridgehead atoms. The number of aryl methyl sites for hydroxylation is 2. The zero-order valence-corrected chi connectivity index (χ0v) is 15.8. The number of hydrogen-bond donors (Lipinski definition) is 2. The first-order valence-electron chi connectivity index (χ1n) is 8.22. The van der Waals surface area contributed by atoms with Crippen LogP contribution in [0.5, 0.6) is 0 Å². The summed E-state index contributed by atoms with van der Waals surface area (Å²) in [5.74, 6) is -0.292. The molecule has 0 aliphatic rings. The van der Waals surface area contributed by atoms with Gasteiger partial charge in [-0.25, -0.2) is 13.1 Å². The first kappa shape index (κ1) is 19.1. The average Bonchev–Trinajstić information content (AvgIpc) is 2.55. The van der Waals surface area contributed by atoms with E-state index in [0.717, 1.165) is 16.7 Å². The molecule has 0 radical (unpaired) electrons. The highest BCUT2D eigenvalue weighted by Crippen LogP contribution is 2.18. The minimum atomic E-state index is -3.60. The second-order valence-electron chi connectivity index (χ2n) is 6.08. The van der Waals surface area contributed by atoms with Gasteiger partial charge in [0, 0.05) is 12.1 Å². The van der Waals surface area contributed by atoms with Gasteiger partial charge >= 0.3 is 0 Å². The van der Waals surface area contributed by atoms with Crippen LogP contribution in [-0.4, -0.2) is 20.9 Å². The van der Waals surface area contributed by atoms with E-state index < -0.39 is 10.0 Å². The normalized spacial score (nSPS) is 12.6. The third-order valence-corrected chi connectivity index (χ3v) is 5.57. The average molecular weight is 360 g/mol. The molecule has 1 atom stereocenters. The topological polar surface area (TPSA) is 75.3 Å². The van der Waals surface area contributed by atoms with Crippen molar-refractivity contribution < 1.29 is 13.2 Å². The van der Waals surface area contributed by atoms with Crippen molar-refractivity contribution in [1.82, 2.24) is 10.0 Å². The number of sulfonamides is 1. The Morgan fingerprint density at radius 3 is 2.32 bits per heavy atom. The molecule has 0 fully saturated rings. The molecule has 2 rings (SSSR count). The number of carbonyl (C=O) groups is 1. The van der Waals surface area contributed by atoms with Gasteiger partial charge < -0.3 is 5.32 Å². The molecule has 134 valence electrons. The molecule has 0 aliphatic heterocycles. The Morgan fingerprint density at radius 2 is 1.72 bits per heavy atom. The van der Waals surface area contributed by atoms with E-state index in [1.165, 1.54) is 12.1 Å². The van der Waals surface area contributed by atoms with E-state index in [1.54, 1.807) is 19.9 Å². The van der Waals surface area contributed by atoms with Crippen LogP contribution in [0.1, 0.15) is 46.9 Å². The van der Waals surface area contributed by atoms with E-state index in [2.05, 4.69) is 10.0 Å². The van der Waals surface area contributed by atoms with Crippen molar-refractivity contribution in [2.24, 2.45) is 0 Å². The van der Waals surface area contributed by atoms with Gasteiger partial charge in [0.25, 0.3) is 5.91 Å². The summed E-state index contributed by atoms with van der Waals surface area (Å²) >= 11 is 0. The van der Waals surface area contributed by atoms with E-state index in [4.69, 9.17) is 0 Å². The number of hydrogen-bond acceptors (Lipinski definition) is 3. The van der Waals surface area contributed by atoms with Crippen molar-refractivity contribution >= 4 is 15.9 Å². The summed E-state index contributed by atoms with van der Waals surface area (Å²) in [7, 11) is -3.60. The molecule has 25 heavy (non-hydrogen) atoms. The van der Waals surface area contributed by atoms with Crippen molar-refractivity contribution in [3.05, 3.63) is 64.7 Å². The predicted molar refractivity (Wildman–Crippen MR) is 99.1 cm³/mol. The van der Waals surface area contributed by atoms with Gasteiger partial charge in [-0.2, -0.15) is 0 Å². The molecule has 0 spiro atoms. The lowest BCUT2D eigenvalue weighted by molar-refractivity contribution is 0.0939. The molecule has 0 saturated heterocycles. The monoisotopic (exact) mass is 360 g/mol. The summed E-state index contributed by atoms with van der Waals surface area (Å²) < 4.78 is 26.7. The number of benzene rings is 2. The van der Waals surface area contributed by atoms with E-state index in [-0.39, 0.29) is 16.8 Å². The van der Waals surface area contributed by atoms with Crippen LogP contribution in [-0.2, 0) is 10.0 Å². The van der Waals surface area contributed by atoms with E-state index in [9.17, 15) is 13.2 Å². The van der Waals surface area contributed by atoms with Crippen LogP contribution in [0.15, 0.2) is 47.4 Å². The van der Waals surface area contributed by atoms with Crippen molar-refractivity contribution in [2.45, 2.75) is 38.6 Å². The Balaban J connectivity index is 2.25. The molecule has 1 unspecified atom stereocenters. The van der Waals surface area contributed by atoms with Crippen LogP contribution in [0.3, 0.4) is 0 Å². The van der Waals surface area contributed by atoms with Gasteiger partial charge in [0.1, 0.15) is 0 Å². The van der Waals surface area contributed by atoms with Crippen LogP contribution in [0.4, 0.5) is 0 Å². The van der Waals surface area contributed by atoms with Gasteiger partial charge in [-0.1, -0.05) is 42.8 Å². The Hall–Kier alpha value is -2.18. The van der Waals surface area contributed by atoms with Gasteiger partial charge in [0.2, 0.25) is 10.0 Å². The van der Waals surface area contributed by atoms with Crippen molar-refractivity contribution in [3.63, 3.8) is 0 Å². The molecule has 5 nitrogen and oxygen atoms in total. The zero-order chi connectivity index (χ0) is 18.6. The second-order valence-corrected chi connectivity index (χ2v) is 7.85. The fourth-order valence-corrected chi connectivity index (χ4v) is 3.57. The minimum absolute atomic E-state index is 0.0908. The fraction of sp³-hybridized carbons (Fsp3) is 0.316. The number of rotatable bonds is 6. The Morgan fingerprint density at radius 1 is 1.08 bits per heavy atom. The van der Waals surface area contributed by atoms with Crippen LogP contribution < -0.4 is 10.0 Å². The van der Waals surface area contributed by atoms with E-state index >= 15 is 0 Å². The van der Waals surface area contributed by atoms with Gasteiger partial charge in [-0.05, 0) is 44.0 Å². The summed E-state index contributed by atoms with van der Waals surface area (Å²) in [6, 6.07) is 12.3. The molecule has 0 aromatic heterocycles. The summed E-state index contributed by atoms with van der Waals surface area (Å²) in [5.41, 5.74) is 3.23. The molecule has 0 saturated carbocycles. The Kier molecular flexibility index (Phi) is 5.98. The highest BCUT2D eigenvalue weighted by molar-refractivity contribution is 7.89. The van der Waals surface area contributed by atoms with Crippen LogP contribution in [0.2, 0.25) is 0 Å². The van der Waals surface area contributed by atoms with Gasteiger partial charge in [-0.15, -0.1) is 0 Å². The van der Waals surface area contributed by atoms with Gasteiger partial charge in [0.05, 0.1) is 10.9 Å². The quantitative estimate of drug-likeness (QED) is 0.831. The molecule has 2 N–H and O–H groups in total. The van der Waals surface area contributed by atoms with Gasteiger partial charge in [-0.3, -0.25) is 4.79 Å². The maximum atomic E-state index is 12.6. The van der Waals surface area contributed by atoms with E-state index in [0.29, 0.717) is 12.1 Å². The van der Waals surface area contributed by atoms with Crippen LogP contribution in [0.25, 0.3) is 0 Å². The fourth-order valence-electron chi connectivity index (χ4n) is 2.50. The molecule has 2 aromatic rings. The smallest absolute Gasteiger partial charge is 0.252 e. The summed E-state index contributed by atoms with van der Waals surface area (Å²) in [5, 5.41) is 2.93.